The second kappa shape index (κ2) is 4.86. The minimum Gasteiger partial charge on any atom is -0.374 e. The molecule has 2 unspecified atom stereocenters. The minimum absolute atomic E-state index is 0.0561. The summed E-state index contributed by atoms with van der Waals surface area (Å²) in [6, 6.07) is 4.83. The summed E-state index contributed by atoms with van der Waals surface area (Å²) in [7, 11) is 0. The Morgan fingerprint density at radius 2 is 2.38 bits per heavy atom. The van der Waals surface area contributed by atoms with Crippen LogP contribution in [-0.4, -0.2) is 18.8 Å². The van der Waals surface area contributed by atoms with Crippen LogP contribution in [-0.2, 0) is 4.74 Å². The van der Waals surface area contributed by atoms with Gasteiger partial charge in [-0.25, -0.2) is 0 Å². The van der Waals surface area contributed by atoms with Crippen LogP contribution in [0, 0.1) is 6.92 Å². The molecule has 2 rings (SSSR count). The van der Waals surface area contributed by atoms with Gasteiger partial charge in [0.05, 0.1) is 5.60 Å². The molecule has 0 saturated carbocycles. The predicted molar refractivity (Wildman–Crippen MR) is 69.1 cm³/mol. The number of hydrogen-bond acceptors (Lipinski definition) is 3. The molecule has 3 heteroatoms. The van der Waals surface area contributed by atoms with E-state index in [9.17, 15) is 0 Å². The summed E-state index contributed by atoms with van der Waals surface area (Å²) >= 11 is 1.87. The number of rotatable bonds is 4. The van der Waals surface area contributed by atoms with E-state index in [1.54, 1.807) is 0 Å². The second-order valence-electron chi connectivity index (χ2n) is 4.95. The van der Waals surface area contributed by atoms with E-state index < -0.39 is 0 Å². The predicted octanol–water partition coefficient (Wildman–Crippen LogP) is 3.28. The second-order valence-corrected chi connectivity index (χ2v) is 6.27. The van der Waals surface area contributed by atoms with Crippen LogP contribution in [0.3, 0.4) is 0 Å². The summed E-state index contributed by atoms with van der Waals surface area (Å²) in [5.41, 5.74) is 0.0561. The number of nitrogens with one attached hydrogen (secondary N) is 1. The van der Waals surface area contributed by atoms with Gasteiger partial charge in [0.25, 0.3) is 0 Å². The van der Waals surface area contributed by atoms with Gasteiger partial charge in [0, 0.05) is 28.9 Å². The lowest BCUT2D eigenvalue weighted by Crippen LogP contribution is -2.38. The van der Waals surface area contributed by atoms with Crippen molar-refractivity contribution in [3.05, 3.63) is 21.9 Å². The molecule has 2 atom stereocenters. The van der Waals surface area contributed by atoms with E-state index in [2.05, 4.69) is 38.2 Å². The first-order valence-corrected chi connectivity index (χ1v) is 6.84. The number of hydrogen-bond donors (Lipinski definition) is 1. The van der Waals surface area contributed by atoms with Crippen LogP contribution in [0.4, 0.5) is 0 Å². The summed E-state index contributed by atoms with van der Waals surface area (Å²) in [6.45, 7) is 8.46. The van der Waals surface area contributed by atoms with Crippen LogP contribution >= 0.6 is 11.3 Å². The third-order valence-corrected chi connectivity index (χ3v) is 4.45. The largest absolute Gasteiger partial charge is 0.374 e. The van der Waals surface area contributed by atoms with Crippen molar-refractivity contribution in [1.29, 1.82) is 0 Å². The van der Waals surface area contributed by atoms with Gasteiger partial charge in [-0.05, 0) is 45.7 Å². The van der Waals surface area contributed by atoms with Gasteiger partial charge in [-0.1, -0.05) is 0 Å². The van der Waals surface area contributed by atoms with Crippen LogP contribution in [0.5, 0.6) is 0 Å². The molecule has 0 bridgehead atoms. The summed E-state index contributed by atoms with van der Waals surface area (Å²) in [5.74, 6) is 0. The van der Waals surface area contributed by atoms with Crippen LogP contribution in [0.15, 0.2) is 12.1 Å². The SMILES string of the molecule is Cc1ccc(C(C)NCC2(C)CCCO2)s1. The van der Waals surface area contributed by atoms with Gasteiger partial charge in [0.1, 0.15) is 0 Å². The Kier molecular flexibility index (Phi) is 3.67. The molecule has 0 spiro atoms. The van der Waals surface area contributed by atoms with Crippen molar-refractivity contribution in [2.45, 2.75) is 45.3 Å². The fourth-order valence-electron chi connectivity index (χ4n) is 2.13. The highest BCUT2D eigenvalue weighted by atomic mass is 32.1. The quantitative estimate of drug-likeness (QED) is 0.870. The zero-order valence-electron chi connectivity index (χ0n) is 10.4. The maximum atomic E-state index is 5.77. The molecule has 1 aromatic rings. The van der Waals surface area contributed by atoms with Crippen molar-refractivity contribution < 1.29 is 4.74 Å². The maximum absolute atomic E-state index is 5.77. The van der Waals surface area contributed by atoms with Gasteiger partial charge in [-0.2, -0.15) is 0 Å². The first-order valence-electron chi connectivity index (χ1n) is 6.03. The van der Waals surface area contributed by atoms with Crippen molar-refractivity contribution >= 4 is 11.3 Å². The van der Waals surface area contributed by atoms with E-state index in [0.717, 1.165) is 13.2 Å². The van der Waals surface area contributed by atoms with E-state index in [1.165, 1.54) is 22.6 Å². The first kappa shape index (κ1) is 12.1. The molecular formula is C13H21NOS. The lowest BCUT2D eigenvalue weighted by Gasteiger charge is -2.25. The van der Waals surface area contributed by atoms with Crippen molar-refractivity contribution in [3.8, 4) is 0 Å². The molecule has 1 fully saturated rings. The Labute approximate surface area is 102 Å². The van der Waals surface area contributed by atoms with Gasteiger partial charge in [-0.3, -0.25) is 0 Å². The molecule has 16 heavy (non-hydrogen) atoms. The van der Waals surface area contributed by atoms with E-state index >= 15 is 0 Å². The zero-order valence-corrected chi connectivity index (χ0v) is 11.2. The molecule has 0 aromatic carbocycles. The zero-order chi connectivity index (χ0) is 11.6. The average Bonchev–Trinajstić information content (AvgIpc) is 2.85. The van der Waals surface area contributed by atoms with E-state index in [4.69, 9.17) is 4.74 Å². The smallest absolute Gasteiger partial charge is 0.0779 e. The van der Waals surface area contributed by atoms with Gasteiger partial charge >= 0.3 is 0 Å². The number of aryl methyl sites for hydroxylation is 1. The van der Waals surface area contributed by atoms with E-state index in [0.29, 0.717) is 6.04 Å². The van der Waals surface area contributed by atoms with Crippen molar-refractivity contribution in [1.82, 2.24) is 5.32 Å². The first-order chi connectivity index (χ1) is 7.59. The molecule has 90 valence electrons. The van der Waals surface area contributed by atoms with Gasteiger partial charge in [0.2, 0.25) is 0 Å². The maximum Gasteiger partial charge on any atom is 0.0779 e. The topological polar surface area (TPSA) is 21.3 Å². The lowest BCUT2D eigenvalue weighted by molar-refractivity contribution is 0.0192. The van der Waals surface area contributed by atoms with Crippen LogP contribution in [0.25, 0.3) is 0 Å². The fraction of sp³-hybridized carbons (Fsp3) is 0.692. The summed E-state index contributed by atoms with van der Waals surface area (Å²) in [6.07, 6.45) is 2.38. The normalized spacial score (nSPS) is 27.2. The summed E-state index contributed by atoms with van der Waals surface area (Å²) in [4.78, 5) is 2.80. The summed E-state index contributed by atoms with van der Waals surface area (Å²) < 4.78 is 5.77. The van der Waals surface area contributed by atoms with E-state index in [1.807, 2.05) is 11.3 Å². The molecule has 2 nitrogen and oxygen atoms in total. The molecule has 1 aliphatic heterocycles. The monoisotopic (exact) mass is 239 g/mol. The molecule has 0 aliphatic carbocycles. The molecule has 1 aliphatic rings. The minimum atomic E-state index is 0.0561. The van der Waals surface area contributed by atoms with Crippen molar-refractivity contribution in [2.24, 2.45) is 0 Å². The van der Waals surface area contributed by atoms with Crippen LogP contribution in [0.1, 0.15) is 42.5 Å². The number of thiophene rings is 1. The molecular weight excluding hydrogens is 218 g/mol. The Morgan fingerprint density at radius 1 is 1.56 bits per heavy atom. The van der Waals surface area contributed by atoms with Gasteiger partial charge < -0.3 is 10.1 Å². The van der Waals surface area contributed by atoms with Crippen LogP contribution in [0.2, 0.25) is 0 Å². The fourth-order valence-corrected chi connectivity index (χ4v) is 3.04. The average molecular weight is 239 g/mol. The van der Waals surface area contributed by atoms with E-state index in [-0.39, 0.29) is 5.60 Å². The molecule has 0 radical (unpaired) electrons. The van der Waals surface area contributed by atoms with Crippen molar-refractivity contribution in [2.75, 3.05) is 13.2 Å². The highest BCUT2D eigenvalue weighted by Gasteiger charge is 2.29. The van der Waals surface area contributed by atoms with Gasteiger partial charge in [0.15, 0.2) is 0 Å². The summed E-state index contributed by atoms with van der Waals surface area (Å²) in [5, 5.41) is 3.58. The Morgan fingerprint density at radius 3 is 2.94 bits per heavy atom. The van der Waals surface area contributed by atoms with Crippen LogP contribution < -0.4 is 5.32 Å². The Hall–Kier alpha value is -0.380. The van der Waals surface area contributed by atoms with Crippen molar-refractivity contribution in [3.63, 3.8) is 0 Å². The third kappa shape index (κ3) is 2.84. The number of ether oxygens (including phenoxy) is 1. The highest BCUT2D eigenvalue weighted by molar-refractivity contribution is 7.12. The molecule has 0 amide bonds. The van der Waals surface area contributed by atoms with Gasteiger partial charge in [-0.15, -0.1) is 11.3 Å². The third-order valence-electron chi connectivity index (χ3n) is 3.27. The molecule has 1 saturated heterocycles. The lowest BCUT2D eigenvalue weighted by atomic mass is 10.0. The standard InChI is InChI=1S/C13H21NOS/c1-10-5-6-12(16-10)11(2)14-9-13(3)7-4-8-15-13/h5-6,11,14H,4,7-9H2,1-3H3. The Bertz CT molecular complexity index is 341. The molecule has 1 N–H and O–H groups in total. The molecule has 1 aromatic heterocycles. The molecule has 2 heterocycles. The Balaban J connectivity index is 1.86. The highest BCUT2D eigenvalue weighted by Crippen LogP contribution is 2.26.